The lowest BCUT2D eigenvalue weighted by Crippen LogP contribution is -1.98. The van der Waals surface area contributed by atoms with Crippen LogP contribution in [0.1, 0.15) is 31.2 Å². The molecule has 108 valence electrons. The Kier molecular flexibility index (Phi) is 4.82. The minimum absolute atomic E-state index is 0.358. The van der Waals surface area contributed by atoms with E-state index in [0.717, 1.165) is 23.2 Å². The molecule has 0 aliphatic heterocycles. The molecule has 4 heteroatoms. The van der Waals surface area contributed by atoms with Crippen LogP contribution in [0, 0.1) is 5.82 Å². The van der Waals surface area contributed by atoms with Crippen molar-refractivity contribution in [2.75, 3.05) is 5.32 Å². The monoisotopic (exact) mass is 283 g/mol. The Balaban J connectivity index is 2.24. The number of nitrogens with zero attached hydrogens (tertiary/aromatic N) is 2. The van der Waals surface area contributed by atoms with E-state index in [-0.39, 0.29) is 5.82 Å². The molecule has 0 fully saturated rings. The number of hydrogen-bond donors (Lipinski definition) is 1. The van der Waals surface area contributed by atoms with E-state index < -0.39 is 0 Å². The van der Waals surface area contributed by atoms with Crippen LogP contribution in [0.25, 0.3) is 5.57 Å². The standard InChI is InChI=1S/C17H18FN3/c1-4-13(9-20-15-8-14(18)10-19-11-15)17-7-5-6-16(21-17)12(2)3/h4-12,20H,1H2,2-3H3/b13-9+. The van der Waals surface area contributed by atoms with Gasteiger partial charge in [0.05, 0.1) is 23.8 Å². The van der Waals surface area contributed by atoms with E-state index in [1.54, 1.807) is 18.5 Å². The maximum atomic E-state index is 13.1. The fourth-order valence-corrected chi connectivity index (χ4v) is 1.82. The van der Waals surface area contributed by atoms with Crippen molar-refractivity contribution in [1.29, 1.82) is 0 Å². The van der Waals surface area contributed by atoms with E-state index in [9.17, 15) is 4.39 Å². The van der Waals surface area contributed by atoms with E-state index in [0.29, 0.717) is 11.6 Å². The van der Waals surface area contributed by atoms with Gasteiger partial charge in [0.2, 0.25) is 0 Å². The van der Waals surface area contributed by atoms with Gasteiger partial charge in [0, 0.05) is 23.5 Å². The maximum Gasteiger partial charge on any atom is 0.143 e. The maximum absolute atomic E-state index is 13.1. The highest BCUT2D eigenvalue weighted by Gasteiger charge is 2.04. The molecule has 0 spiro atoms. The highest BCUT2D eigenvalue weighted by atomic mass is 19.1. The molecule has 0 aliphatic rings. The van der Waals surface area contributed by atoms with Gasteiger partial charge in [0.15, 0.2) is 0 Å². The van der Waals surface area contributed by atoms with Gasteiger partial charge in [-0.05, 0) is 18.1 Å². The molecule has 0 atom stereocenters. The predicted octanol–water partition coefficient (Wildman–Crippen LogP) is 4.38. The van der Waals surface area contributed by atoms with Gasteiger partial charge in [0.25, 0.3) is 0 Å². The van der Waals surface area contributed by atoms with Crippen molar-refractivity contribution in [2.24, 2.45) is 0 Å². The molecular formula is C17H18FN3. The van der Waals surface area contributed by atoms with Crippen molar-refractivity contribution in [3.05, 3.63) is 72.7 Å². The second kappa shape index (κ2) is 6.79. The average Bonchev–Trinajstić information content (AvgIpc) is 2.48. The van der Waals surface area contributed by atoms with Crippen LogP contribution in [0.3, 0.4) is 0 Å². The van der Waals surface area contributed by atoms with Crippen LogP contribution >= 0.6 is 0 Å². The third-order valence-electron chi connectivity index (χ3n) is 2.98. The first-order chi connectivity index (χ1) is 10.1. The molecule has 0 amide bonds. The van der Waals surface area contributed by atoms with E-state index in [1.807, 2.05) is 18.2 Å². The van der Waals surface area contributed by atoms with Crippen LogP contribution in [0.5, 0.6) is 0 Å². The number of pyridine rings is 2. The average molecular weight is 283 g/mol. The van der Waals surface area contributed by atoms with E-state index in [4.69, 9.17) is 0 Å². The summed E-state index contributed by atoms with van der Waals surface area (Å²) < 4.78 is 13.1. The fourth-order valence-electron chi connectivity index (χ4n) is 1.82. The molecule has 0 aromatic carbocycles. The van der Waals surface area contributed by atoms with Crippen molar-refractivity contribution < 1.29 is 4.39 Å². The highest BCUT2D eigenvalue weighted by molar-refractivity contribution is 5.73. The Hall–Kier alpha value is -2.49. The Bertz CT molecular complexity index is 663. The Morgan fingerprint density at radius 1 is 1.33 bits per heavy atom. The SMILES string of the molecule is C=C/C(=C\Nc1cncc(F)c1)c1cccc(C(C)C)n1. The molecule has 0 unspecified atom stereocenters. The van der Waals surface area contributed by atoms with E-state index in [2.05, 4.69) is 35.7 Å². The van der Waals surface area contributed by atoms with Crippen molar-refractivity contribution in [3.8, 4) is 0 Å². The van der Waals surface area contributed by atoms with Gasteiger partial charge in [-0.15, -0.1) is 0 Å². The number of aromatic nitrogens is 2. The molecule has 21 heavy (non-hydrogen) atoms. The number of allylic oxidation sites excluding steroid dienone is 2. The van der Waals surface area contributed by atoms with Crippen molar-refractivity contribution >= 4 is 11.3 Å². The second-order valence-electron chi connectivity index (χ2n) is 4.94. The minimum atomic E-state index is -0.381. The van der Waals surface area contributed by atoms with Gasteiger partial charge in [-0.1, -0.05) is 32.6 Å². The van der Waals surface area contributed by atoms with Crippen molar-refractivity contribution in [3.63, 3.8) is 0 Å². The first kappa shape index (κ1) is 14.9. The summed E-state index contributed by atoms with van der Waals surface area (Å²) in [6, 6.07) is 7.27. The van der Waals surface area contributed by atoms with Crippen molar-refractivity contribution in [1.82, 2.24) is 9.97 Å². The fraction of sp³-hybridized carbons (Fsp3) is 0.176. The first-order valence-electron chi connectivity index (χ1n) is 6.77. The number of nitrogens with one attached hydrogen (secondary N) is 1. The van der Waals surface area contributed by atoms with Gasteiger partial charge in [-0.2, -0.15) is 0 Å². The summed E-state index contributed by atoms with van der Waals surface area (Å²) in [6.45, 7) is 8.00. The molecule has 2 aromatic heterocycles. The number of halogens is 1. The van der Waals surface area contributed by atoms with Gasteiger partial charge >= 0.3 is 0 Å². The lowest BCUT2D eigenvalue weighted by molar-refractivity contribution is 0.622. The predicted molar refractivity (Wildman–Crippen MR) is 84.3 cm³/mol. The Morgan fingerprint density at radius 3 is 2.81 bits per heavy atom. The molecule has 2 heterocycles. The zero-order valence-electron chi connectivity index (χ0n) is 12.2. The minimum Gasteiger partial charge on any atom is -0.360 e. The van der Waals surface area contributed by atoms with E-state index in [1.165, 1.54) is 6.07 Å². The second-order valence-corrected chi connectivity index (χ2v) is 4.94. The number of rotatable bonds is 5. The largest absolute Gasteiger partial charge is 0.360 e. The molecule has 0 bridgehead atoms. The molecule has 2 aromatic rings. The number of hydrogen-bond acceptors (Lipinski definition) is 3. The third-order valence-corrected chi connectivity index (χ3v) is 2.98. The summed E-state index contributed by atoms with van der Waals surface area (Å²) in [4.78, 5) is 8.39. The summed E-state index contributed by atoms with van der Waals surface area (Å²) in [5, 5.41) is 3.01. The van der Waals surface area contributed by atoms with Gasteiger partial charge in [-0.25, -0.2) is 4.39 Å². The summed E-state index contributed by atoms with van der Waals surface area (Å²) >= 11 is 0. The zero-order chi connectivity index (χ0) is 15.2. The number of anilines is 1. The highest BCUT2D eigenvalue weighted by Crippen LogP contribution is 2.18. The Morgan fingerprint density at radius 2 is 2.14 bits per heavy atom. The zero-order valence-corrected chi connectivity index (χ0v) is 12.2. The van der Waals surface area contributed by atoms with Crippen LogP contribution in [-0.4, -0.2) is 9.97 Å². The quantitative estimate of drug-likeness (QED) is 0.828. The van der Waals surface area contributed by atoms with Crippen LogP contribution in [0.2, 0.25) is 0 Å². The smallest absolute Gasteiger partial charge is 0.143 e. The Labute approximate surface area is 124 Å². The van der Waals surface area contributed by atoms with Crippen molar-refractivity contribution in [2.45, 2.75) is 19.8 Å². The molecule has 3 nitrogen and oxygen atoms in total. The first-order valence-corrected chi connectivity index (χ1v) is 6.77. The molecule has 0 aliphatic carbocycles. The third kappa shape index (κ3) is 3.99. The van der Waals surface area contributed by atoms with Gasteiger partial charge in [-0.3, -0.25) is 9.97 Å². The van der Waals surface area contributed by atoms with Gasteiger partial charge < -0.3 is 5.32 Å². The topological polar surface area (TPSA) is 37.8 Å². The lowest BCUT2D eigenvalue weighted by atomic mass is 10.1. The van der Waals surface area contributed by atoms with Gasteiger partial charge in [0.1, 0.15) is 5.82 Å². The molecule has 0 saturated heterocycles. The molecule has 2 rings (SSSR count). The summed E-state index contributed by atoms with van der Waals surface area (Å²) in [5.41, 5.74) is 3.26. The van der Waals surface area contributed by atoms with Crippen LogP contribution in [0.4, 0.5) is 10.1 Å². The summed E-state index contributed by atoms with van der Waals surface area (Å²) in [7, 11) is 0. The molecular weight excluding hydrogens is 265 g/mol. The lowest BCUT2D eigenvalue weighted by Gasteiger charge is -2.08. The molecule has 0 saturated carbocycles. The van der Waals surface area contributed by atoms with Crippen LogP contribution < -0.4 is 5.32 Å². The summed E-state index contributed by atoms with van der Waals surface area (Å²) in [6.07, 6.45) is 6.18. The molecule has 1 N–H and O–H groups in total. The summed E-state index contributed by atoms with van der Waals surface area (Å²) in [5.74, 6) is -0.0233. The van der Waals surface area contributed by atoms with Crippen LogP contribution in [-0.2, 0) is 0 Å². The normalized spacial score (nSPS) is 11.5. The molecule has 0 radical (unpaired) electrons. The van der Waals surface area contributed by atoms with E-state index >= 15 is 0 Å². The van der Waals surface area contributed by atoms with Crippen LogP contribution in [0.15, 0.2) is 55.5 Å².